The van der Waals surface area contributed by atoms with Gasteiger partial charge < -0.3 is 37.6 Å². The Hall–Kier alpha value is -4.02. The minimum Gasteiger partial charge on any atom is -0.479 e. The first kappa shape index (κ1) is 29.5. The van der Waals surface area contributed by atoms with E-state index >= 15 is 0 Å². The van der Waals surface area contributed by atoms with E-state index in [0.717, 1.165) is 46.3 Å². The molecule has 1 N–H and O–H groups in total. The zero-order valence-corrected chi connectivity index (χ0v) is 22.8. The molecule has 0 saturated carbocycles. The molecular weight excluding hydrogens is 508 g/mol. The number of hydrogen-bond acceptors (Lipinski definition) is 9. The highest BCUT2D eigenvalue weighted by molar-refractivity contribution is 5.88. The van der Waals surface area contributed by atoms with Crippen LogP contribution < -0.4 is 9.47 Å². The molecule has 39 heavy (non-hydrogen) atoms. The molecule has 0 atom stereocenters. The summed E-state index contributed by atoms with van der Waals surface area (Å²) in [5, 5.41) is 10.6. The summed E-state index contributed by atoms with van der Waals surface area (Å²) in [7, 11) is 4.65. The lowest BCUT2D eigenvalue weighted by atomic mass is 10.1. The van der Waals surface area contributed by atoms with E-state index in [9.17, 15) is 9.59 Å². The lowest BCUT2D eigenvalue weighted by Crippen LogP contribution is -2.12. The van der Waals surface area contributed by atoms with Crippen LogP contribution in [0.1, 0.15) is 22.6 Å². The van der Waals surface area contributed by atoms with Crippen LogP contribution in [0.3, 0.4) is 0 Å². The van der Waals surface area contributed by atoms with E-state index in [1.54, 1.807) is 26.4 Å². The average Bonchev–Trinajstić information content (AvgIpc) is 3.43. The van der Waals surface area contributed by atoms with Crippen LogP contribution in [-0.2, 0) is 36.6 Å². The fourth-order valence-corrected chi connectivity index (χ4v) is 4.12. The van der Waals surface area contributed by atoms with Crippen LogP contribution in [0, 0.1) is 13.8 Å². The van der Waals surface area contributed by atoms with Crippen molar-refractivity contribution in [3.8, 4) is 11.5 Å². The summed E-state index contributed by atoms with van der Waals surface area (Å²) in [6.07, 6.45) is 1.52. The lowest BCUT2D eigenvalue weighted by Gasteiger charge is -2.05. The molecule has 0 fully saturated rings. The standard InChI is InChI=1S/C15H18O5.C14H16O5/c1-10-11(7-8-17-2)12-5-4-6-13(15(12)20-10)19-9-14(16)18-3;1-9-10(6-7-17-2)11-4-3-5-12(14(11)19-9)18-8-13(15)16/h4-6H,7-9H2,1-3H3;3-5H,6-8H2,1-2H3,(H,15,16). The van der Waals surface area contributed by atoms with E-state index in [-0.39, 0.29) is 13.2 Å². The molecule has 0 aliphatic rings. The molecule has 0 spiro atoms. The summed E-state index contributed by atoms with van der Waals surface area (Å²) in [5.41, 5.74) is 3.41. The maximum atomic E-state index is 11.1. The van der Waals surface area contributed by atoms with Crippen molar-refractivity contribution >= 4 is 33.9 Å². The first-order valence-electron chi connectivity index (χ1n) is 12.3. The number of carbonyl (C=O) groups is 2. The van der Waals surface area contributed by atoms with Gasteiger partial charge in [-0.15, -0.1) is 0 Å². The molecule has 0 unspecified atom stereocenters. The van der Waals surface area contributed by atoms with Gasteiger partial charge in [-0.1, -0.05) is 24.3 Å². The smallest absolute Gasteiger partial charge is 0.343 e. The molecular formula is C29H34O10. The Bertz CT molecular complexity index is 1400. The minimum absolute atomic E-state index is 0.136. The number of fused-ring (bicyclic) bond motifs is 2. The fraction of sp³-hybridized carbons (Fsp3) is 0.379. The topological polar surface area (TPSA) is 127 Å². The van der Waals surface area contributed by atoms with E-state index in [1.807, 2.05) is 38.1 Å². The van der Waals surface area contributed by atoms with Gasteiger partial charge in [-0.3, -0.25) is 0 Å². The summed E-state index contributed by atoms with van der Waals surface area (Å²) in [6.45, 7) is 4.51. The zero-order valence-electron chi connectivity index (χ0n) is 22.8. The van der Waals surface area contributed by atoms with Gasteiger partial charge in [0.2, 0.25) is 0 Å². The number of carbonyl (C=O) groups excluding carboxylic acids is 1. The number of furan rings is 2. The van der Waals surface area contributed by atoms with Gasteiger partial charge in [-0.25, -0.2) is 9.59 Å². The fourth-order valence-electron chi connectivity index (χ4n) is 4.12. The van der Waals surface area contributed by atoms with Crippen LogP contribution in [0.25, 0.3) is 21.9 Å². The predicted molar refractivity (Wildman–Crippen MR) is 144 cm³/mol. The molecule has 10 heteroatoms. The number of carboxylic acids is 1. The second kappa shape index (κ2) is 14.2. The van der Waals surface area contributed by atoms with Crippen LogP contribution in [0.5, 0.6) is 11.5 Å². The average molecular weight is 543 g/mol. The van der Waals surface area contributed by atoms with Gasteiger partial charge in [0.1, 0.15) is 11.5 Å². The molecule has 210 valence electrons. The third-order valence-corrected chi connectivity index (χ3v) is 6.01. The Balaban J connectivity index is 0.000000216. The zero-order chi connectivity index (χ0) is 28.4. The molecule has 0 aliphatic carbocycles. The molecule has 4 aromatic rings. The third-order valence-electron chi connectivity index (χ3n) is 6.01. The number of esters is 1. The Morgan fingerprint density at radius 2 is 1.21 bits per heavy atom. The van der Waals surface area contributed by atoms with Gasteiger partial charge in [0.25, 0.3) is 0 Å². The van der Waals surface area contributed by atoms with Gasteiger partial charge in [0.15, 0.2) is 35.9 Å². The van der Waals surface area contributed by atoms with E-state index in [0.29, 0.717) is 35.9 Å². The Morgan fingerprint density at radius 1 is 0.744 bits per heavy atom. The molecule has 2 aromatic heterocycles. The van der Waals surface area contributed by atoms with Gasteiger partial charge in [-0.05, 0) is 38.8 Å². The molecule has 10 nitrogen and oxygen atoms in total. The van der Waals surface area contributed by atoms with E-state index in [4.69, 9.17) is 32.9 Å². The molecule has 0 aliphatic heterocycles. The van der Waals surface area contributed by atoms with Gasteiger partial charge in [0.05, 0.1) is 20.3 Å². The first-order chi connectivity index (χ1) is 18.8. The minimum atomic E-state index is -1.01. The summed E-state index contributed by atoms with van der Waals surface area (Å²) in [6, 6.07) is 11.1. The van der Waals surface area contributed by atoms with Crippen molar-refractivity contribution in [3.63, 3.8) is 0 Å². The number of benzene rings is 2. The second-order valence-corrected chi connectivity index (χ2v) is 8.57. The lowest BCUT2D eigenvalue weighted by molar-refractivity contribution is -0.143. The quantitative estimate of drug-likeness (QED) is 0.248. The van der Waals surface area contributed by atoms with Crippen LogP contribution >= 0.6 is 0 Å². The van der Waals surface area contributed by atoms with Gasteiger partial charge >= 0.3 is 11.9 Å². The van der Waals surface area contributed by atoms with E-state index in [2.05, 4.69) is 4.74 Å². The summed E-state index contributed by atoms with van der Waals surface area (Å²) in [4.78, 5) is 21.7. The molecule has 0 amide bonds. The summed E-state index contributed by atoms with van der Waals surface area (Å²) >= 11 is 0. The number of ether oxygens (including phenoxy) is 5. The molecule has 0 bridgehead atoms. The predicted octanol–water partition coefficient (Wildman–Crippen LogP) is 4.88. The van der Waals surface area contributed by atoms with Crippen LogP contribution in [0.2, 0.25) is 0 Å². The van der Waals surface area contributed by atoms with E-state index in [1.165, 1.54) is 7.11 Å². The van der Waals surface area contributed by atoms with Crippen molar-refractivity contribution in [3.05, 3.63) is 59.0 Å². The molecule has 4 rings (SSSR count). The molecule has 2 aromatic carbocycles. The number of hydrogen-bond donors (Lipinski definition) is 1. The number of aliphatic carboxylic acids is 1. The van der Waals surface area contributed by atoms with Crippen molar-refractivity contribution in [2.24, 2.45) is 0 Å². The van der Waals surface area contributed by atoms with Crippen LogP contribution in [0.15, 0.2) is 45.2 Å². The van der Waals surface area contributed by atoms with Gasteiger partial charge in [0, 0.05) is 36.1 Å². The van der Waals surface area contributed by atoms with Crippen molar-refractivity contribution in [1.29, 1.82) is 0 Å². The van der Waals surface area contributed by atoms with Crippen molar-refractivity contribution < 1.29 is 47.2 Å². The first-order valence-corrected chi connectivity index (χ1v) is 12.3. The van der Waals surface area contributed by atoms with Crippen molar-refractivity contribution in [2.75, 3.05) is 47.8 Å². The number of rotatable bonds is 12. The van der Waals surface area contributed by atoms with Crippen LogP contribution in [-0.4, -0.2) is 64.8 Å². The number of aryl methyl sites for hydroxylation is 2. The van der Waals surface area contributed by atoms with Crippen LogP contribution in [0.4, 0.5) is 0 Å². The highest BCUT2D eigenvalue weighted by Crippen LogP contribution is 2.34. The highest BCUT2D eigenvalue weighted by Gasteiger charge is 2.16. The molecule has 0 saturated heterocycles. The third kappa shape index (κ3) is 7.52. The van der Waals surface area contributed by atoms with Crippen molar-refractivity contribution in [1.82, 2.24) is 0 Å². The monoisotopic (exact) mass is 542 g/mol. The Labute approximate surface area is 226 Å². The Morgan fingerprint density at radius 3 is 1.62 bits per heavy atom. The molecule has 0 radical (unpaired) electrons. The number of carboxylic acid groups (broad SMARTS) is 1. The maximum absolute atomic E-state index is 11.1. The molecule has 2 heterocycles. The Kier molecular flexibility index (Phi) is 10.8. The summed E-state index contributed by atoms with van der Waals surface area (Å²) < 4.78 is 36.9. The SMILES string of the molecule is COCCc1c(C)oc2c(OCC(=O)O)cccc12.COCCc1c(C)oc2c(OCC(=O)OC)cccc12. The highest BCUT2D eigenvalue weighted by atomic mass is 16.6. The maximum Gasteiger partial charge on any atom is 0.343 e. The van der Waals surface area contributed by atoms with Gasteiger partial charge in [-0.2, -0.15) is 0 Å². The number of para-hydroxylation sites is 2. The normalized spacial score (nSPS) is 10.8. The van der Waals surface area contributed by atoms with E-state index < -0.39 is 11.9 Å². The largest absolute Gasteiger partial charge is 0.479 e. The van der Waals surface area contributed by atoms with Crippen molar-refractivity contribution in [2.45, 2.75) is 26.7 Å². The summed E-state index contributed by atoms with van der Waals surface area (Å²) in [5.74, 6) is 1.20. The second-order valence-electron chi connectivity index (χ2n) is 8.57. The number of methoxy groups -OCH3 is 3.